The van der Waals surface area contributed by atoms with E-state index in [9.17, 15) is 9.18 Å². The van der Waals surface area contributed by atoms with Gasteiger partial charge in [-0.2, -0.15) is 0 Å². The number of aromatic carboxylic acids is 1. The average Bonchev–Trinajstić information content (AvgIpc) is 2.35. The van der Waals surface area contributed by atoms with Gasteiger partial charge in [-0.1, -0.05) is 24.3 Å². The van der Waals surface area contributed by atoms with E-state index < -0.39 is 11.8 Å². The first kappa shape index (κ1) is 13.1. The molecule has 0 aliphatic carbocycles. The fraction of sp³-hybridized carbons (Fsp3) is 0.133. The summed E-state index contributed by atoms with van der Waals surface area (Å²) in [7, 11) is 0. The molecule has 3 nitrogen and oxygen atoms in total. The number of nitrogens with one attached hydrogen (secondary N) is 1. The number of para-hydroxylation sites is 2. The Kier molecular flexibility index (Phi) is 3.51. The molecular formula is C15H14FNO2. The summed E-state index contributed by atoms with van der Waals surface area (Å²) in [4.78, 5) is 11.1. The number of rotatable bonds is 3. The molecule has 98 valence electrons. The summed E-state index contributed by atoms with van der Waals surface area (Å²) >= 11 is 0. The van der Waals surface area contributed by atoms with E-state index in [4.69, 9.17) is 5.11 Å². The van der Waals surface area contributed by atoms with Crippen molar-refractivity contribution in [1.29, 1.82) is 0 Å². The Morgan fingerprint density at radius 3 is 2.21 bits per heavy atom. The van der Waals surface area contributed by atoms with E-state index in [1.165, 1.54) is 18.2 Å². The molecule has 0 amide bonds. The van der Waals surface area contributed by atoms with Crippen LogP contribution in [-0.2, 0) is 0 Å². The second-order valence-electron chi connectivity index (χ2n) is 4.36. The zero-order chi connectivity index (χ0) is 14.0. The Bertz CT molecular complexity index is 618. The van der Waals surface area contributed by atoms with Crippen molar-refractivity contribution < 1.29 is 14.3 Å². The maximum Gasteiger partial charge on any atom is 0.337 e. The summed E-state index contributed by atoms with van der Waals surface area (Å²) in [5.41, 5.74) is 2.50. The lowest BCUT2D eigenvalue weighted by Crippen LogP contribution is -2.06. The van der Waals surface area contributed by atoms with Crippen molar-refractivity contribution in [3.05, 3.63) is 58.9 Å². The minimum absolute atomic E-state index is 0.00704. The van der Waals surface area contributed by atoms with Gasteiger partial charge in [-0.3, -0.25) is 0 Å². The molecule has 19 heavy (non-hydrogen) atoms. The number of hydrogen-bond donors (Lipinski definition) is 2. The molecule has 0 aliphatic rings. The molecule has 2 aromatic carbocycles. The summed E-state index contributed by atoms with van der Waals surface area (Å²) in [6, 6.07) is 9.67. The van der Waals surface area contributed by atoms with Crippen molar-refractivity contribution in [2.75, 3.05) is 5.32 Å². The highest BCUT2D eigenvalue weighted by molar-refractivity contribution is 5.95. The van der Waals surface area contributed by atoms with Crippen LogP contribution in [0.5, 0.6) is 0 Å². The van der Waals surface area contributed by atoms with Gasteiger partial charge in [0.2, 0.25) is 0 Å². The molecule has 0 bridgehead atoms. The van der Waals surface area contributed by atoms with E-state index >= 15 is 0 Å². The molecule has 0 aromatic heterocycles. The van der Waals surface area contributed by atoms with Crippen molar-refractivity contribution in [3.8, 4) is 0 Å². The third-order valence-corrected chi connectivity index (χ3v) is 2.98. The average molecular weight is 259 g/mol. The first-order valence-corrected chi connectivity index (χ1v) is 5.85. The zero-order valence-electron chi connectivity index (χ0n) is 10.7. The van der Waals surface area contributed by atoms with Gasteiger partial charge in [0.25, 0.3) is 0 Å². The van der Waals surface area contributed by atoms with Crippen molar-refractivity contribution in [2.45, 2.75) is 13.8 Å². The van der Waals surface area contributed by atoms with Crippen LogP contribution in [0.25, 0.3) is 0 Å². The number of anilines is 2. The molecule has 0 saturated heterocycles. The number of carboxylic acids is 1. The van der Waals surface area contributed by atoms with Gasteiger partial charge in [-0.05, 0) is 37.1 Å². The van der Waals surface area contributed by atoms with E-state index in [1.54, 1.807) is 0 Å². The smallest absolute Gasteiger partial charge is 0.337 e. The molecule has 4 heteroatoms. The number of carbonyl (C=O) groups is 1. The lowest BCUT2D eigenvalue weighted by molar-refractivity contribution is 0.0697. The maximum absolute atomic E-state index is 13.8. The monoisotopic (exact) mass is 259 g/mol. The third kappa shape index (κ3) is 2.57. The Morgan fingerprint density at radius 1 is 1.05 bits per heavy atom. The van der Waals surface area contributed by atoms with Gasteiger partial charge in [0.05, 0.1) is 11.3 Å². The summed E-state index contributed by atoms with van der Waals surface area (Å²) in [5.74, 6) is -1.74. The molecule has 0 spiro atoms. The molecule has 0 atom stereocenters. The lowest BCUT2D eigenvalue weighted by Gasteiger charge is -2.15. The molecule has 2 aromatic rings. The molecule has 0 unspecified atom stereocenters. The van der Waals surface area contributed by atoms with Gasteiger partial charge in [-0.15, -0.1) is 0 Å². The lowest BCUT2D eigenvalue weighted by atomic mass is 10.1. The third-order valence-electron chi connectivity index (χ3n) is 2.98. The summed E-state index contributed by atoms with van der Waals surface area (Å²) in [6.07, 6.45) is 0. The van der Waals surface area contributed by atoms with E-state index in [1.807, 2.05) is 32.0 Å². The largest absolute Gasteiger partial charge is 0.478 e. The first-order valence-electron chi connectivity index (χ1n) is 5.85. The van der Waals surface area contributed by atoms with Gasteiger partial charge >= 0.3 is 5.97 Å². The Hall–Kier alpha value is -2.36. The molecule has 0 radical (unpaired) electrons. The molecule has 2 rings (SSSR count). The summed E-state index contributed by atoms with van der Waals surface area (Å²) in [6.45, 7) is 3.77. The Morgan fingerprint density at radius 2 is 1.63 bits per heavy atom. The van der Waals surface area contributed by atoms with E-state index in [-0.39, 0.29) is 11.3 Å². The van der Waals surface area contributed by atoms with Crippen LogP contribution in [0.15, 0.2) is 36.4 Å². The van der Waals surface area contributed by atoms with Crippen LogP contribution in [0.2, 0.25) is 0 Å². The van der Waals surface area contributed by atoms with Crippen molar-refractivity contribution in [2.24, 2.45) is 0 Å². The highest BCUT2D eigenvalue weighted by Gasteiger charge is 2.15. The van der Waals surface area contributed by atoms with Crippen LogP contribution in [0.3, 0.4) is 0 Å². The van der Waals surface area contributed by atoms with Crippen molar-refractivity contribution in [3.63, 3.8) is 0 Å². The van der Waals surface area contributed by atoms with Crippen LogP contribution in [-0.4, -0.2) is 11.1 Å². The van der Waals surface area contributed by atoms with Crippen molar-refractivity contribution >= 4 is 17.3 Å². The molecule has 0 fully saturated rings. The van der Waals surface area contributed by atoms with Gasteiger partial charge in [0.1, 0.15) is 5.82 Å². The molecule has 2 N–H and O–H groups in total. The first-order chi connectivity index (χ1) is 9.00. The maximum atomic E-state index is 13.8. The van der Waals surface area contributed by atoms with Crippen LogP contribution < -0.4 is 5.32 Å². The van der Waals surface area contributed by atoms with Gasteiger partial charge in [0, 0.05) is 5.69 Å². The van der Waals surface area contributed by atoms with E-state index in [2.05, 4.69) is 5.32 Å². The second-order valence-corrected chi connectivity index (χ2v) is 4.36. The van der Waals surface area contributed by atoms with Gasteiger partial charge < -0.3 is 10.4 Å². The van der Waals surface area contributed by atoms with Crippen LogP contribution in [0, 0.1) is 19.7 Å². The molecule has 0 saturated carbocycles. The minimum atomic E-state index is -1.16. The SMILES string of the molecule is Cc1cccc(C)c1Nc1c(F)cccc1C(=O)O. The van der Waals surface area contributed by atoms with E-state index in [0.29, 0.717) is 0 Å². The summed E-state index contributed by atoms with van der Waals surface area (Å²) < 4.78 is 13.8. The normalized spacial score (nSPS) is 10.3. The van der Waals surface area contributed by atoms with Crippen LogP contribution in [0.4, 0.5) is 15.8 Å². The number of halogens is 1. The highest BCUT2D eigenvalue weighted by atomic mass is 19.1. The predicted octanol–water partition coefficient (Wildman–Crippen LogP) is 3.88. The number of benzene rings is 2. The number of hydrogen-bond acceptors (Lipinski definition) is 2. The van der Waals surface area contributed by atoms with Gasteiger partial charge in [0.15, 0.2) is 0 Å². The quantitative estimate of drug-likeness (QED) is 0.879. The highest BCUT2D eigenvalue weighted by Crippen LogP contribution is 2.28. The fourth-order valence-electron chi connectivity index (χ4n) is 1.97. The standard InChI is InChI=1S/C15H14FNO2/c1-9-5-3-6-10(2)13(9)17-14-11(15(18)19)7-4-8-12(14)16/h3-8,17H,1-2H3,(H,18,19). The molecular weight excluding hydrogens is 245 g/mol. The van der Waals surface area contributed by atoms with Crippen LogP contribution in [0.1, 0.15) is 21.5 Å². The van der Waals surface area contributed by atoms with Gasteiger partial charge in [-0.25, -0.2) is 9.18 Å². The number of aryl methyl sites for hydroxylation is 2. The zero-order valence-corrected chi connectivity index (χ0v) is 10.7. The predicted molar refractivity (Wildman–Crippen MR) is 72.6 cm³/mol. The fourth-order valence-corrected chi connectivity index (χ4v) is 1.97. The molecule has 0 aliphatic heterocycles. The Balaban J connectivity index is 2.52. The van der Waals surface area contributed by atoms with Crippen LogP contribution >= 0.6 is 0 Å². The second kappa shape index (κ2) is 5.10. The Labute approximate surface area is 110 Å². The molecule has 0 heterocycles. The van der Waals surface area contributed by atoms with E-state index in [0.717, 1.165) is 16.8 Å². The number of carboxylic acid groups (broad SMARTS) is 1. The summed E-state index contributed by atoms with van der Waals surface area (Å²) in [5, 5.41) is 12.0. The minimum Gasteiger partial charge on any atom is -0.478 e. The topological polar surface area (TPSA) is 49.3 Å². The van der Waals surface area contributed by atoms with Crippen molar-refractivity contribution in [1.82, 2.24) is 0 Å².